The van der Waals surface area contributed by atoms with Crippen LogP contribution in [0.15, 0.2) is 0 Å². The number of methoxy groups -OCH3 is 1. The zero-order chi connectivity index (χ0) is 11.4. The second kappa shape index (κ2) is 5.50. The molecular formula is C12H23NO2. The molecule has 0 heterocycles. The maximum atomic E-state index is 11.4. The van der Waals surface area contributed by atoms with Crippen molar-refractivity contribution in [3.05, 3.63) is 0 Å². The summed E-state index contributed by atoms with van der Waals surface area (Å²) in [6.45, 7) is 4.94. The summed E-state index contributed by atoms with van der Waals surface area (Å²) < 4.78 is 4.78. The quantitative estimate of drug-likeness (QED) is 0.725. The first-order valence-corrected chi connectivity index (χ1v) is 5.88. The first-order valence-electron chi connectivity index (χ1n) is 5.88. The lowest BCUT2D eigenvalue weighted by Gasteiger charge is -2.19. The molecule has 0 spiro atoms. The van der Waals surface area contributed by atoms with E-state index >= 15 is 0 Å². The molecule has 88 valence electrons. The molecule has 0 aromatic heterocycles. The maximum Gasteiger partial charge on any atom is 0.308 e. The summed E-state index contributed by atoms with van der Waals surface area (Å²) in [6, 6.07) is 0. The molecule has 0 saturated heterocycles. The van der Waals surface area contributed by atoms with Crippen molar-refractivity contribution in [3.8, 4) is 0 Å². The Hall–Kier alpha value is -0.570. The van der Waals surface area contributed by atoms with E-state index in [1.165, 1.54) is 13.5 Å². The van der Waals surface area contributed by atoms with E-state index in [1.807, 2.05) is 6.92 Å². The van der Waals surface area contributed by atoms with Gasteiger partial charge in [0.25, 0.3) is 0 Å². The summed E-state index contributed by atoms with van der Waals surface area (Å²) >= 11 is 0. The van der Waals surface area contributed by atoms with Crippen LogP contribution < -0.4 is 5.73 Å². The minimum Gasteiger partial charge on any atom is -0.469 e. The molecule has 2 N–H and O–H groups in total. The second-order valence-corrected chi connectivity index (χ2v) is 4.86. The lowest BCUT2D eigenvalue weighted by Crippen LogP contribution is -2.22. The summed E-state index contributed by atoms with van der Waals surface area (Å²) in [5, 5.41) is 0. The summed E-state index contributed by atoms with van der Waals surface area (Å²) in [4.78, 5) is 11.4. The normalized spacial score (nSPS) is 29.9. The van der Waals surface area contributed by atoms with E-state index < -0.39 is 0 Å². The van der Waals surface area contributed by atoms with Crippen LogP contribution in [0.3, 0.4) is 0 Å². The standard InChI is InChI=1S/C12H23NO2/c1-8(7-13)10-4-5-11(6-10)9(2)12(14)15-3/h8-11H,4-7,13H2,1-3H3. The molecule has 4 atom stereocenters. The van der Waals surface area contributed by atoms with Crippen molar-refractivity contribution in [2.45, 2.75) is 33.1 Å². The lowest BCUT2D eigenvalue weighted by atomic mass is 9.88. The molecule has 1 rings (SSSR count). The smallest absolute Gasteiger partial charge is 0.308 e. The van der Waals surface area contributed by atoms with Crippen LogP contribution in [0.4, 0.5) is 0 Å². The van der Waals surface area contributed by atoms with Crippen LogP contribution in [0.5, 0.6) is 0 Å². The van der Waals surface area contributed by atoms with Crippen LogP contribution in [0.25, 0.3) is 0 Å². The van der Waals surface area contributed by atoms with Gasteiger partial charge in [0, 0.05) is 0 Å². The topological polar surface area (TPSA) is 52.3 Å². The number of rotatable bonds is 4. The largest absolute Gasteiger partial charge is 0.469 e. The summed E-state index contributed by atoms with van der Waals surface area (Å²) in [5.41, 5.74) is 5.67. The number of hydrogen-bond donors (Lipinski definition) is 1. The van der Waals surface area contributed by atoms with Gasteiger partial charge in [0.1, 0.15) is 0 Å². The fourth-order valence-electron chi connectivity index (χ4n) is 2.59. The van der Waals surface area contributed by atoms with Crippen molar-refractivity contribution in [1.29, 1.82) is 0 Å². The van der Waals surface area contributed by atoms with Gasteiger partial charge in [-0.2, -0.15) is 0 Å². The lowest BCUT2D eigenvalue weighted by molar-refractivity contribution is -0.146. The number of esters is 1. The first-order chi connectivity index (χ1) is 7.10. The SMILES string of the molecule is COC(=O)C(C)C1CCC(C(C)CN)C1. The molecular weight excluding hydrogens is 190 g/mol. The van der Waals surface area contributed by atoms with Gasteiger partial charge in [0.15, 0.2) is 0 Å². The summed E-state index contributed by atoms with van der Waals surface area (Å²) in [7, 11) is 1.47. The van der Waals surface area contributed by atoms with Crippen molar-refractivity contribution in [3.63, 3.8) is 0 Å². The van der Waals surface area contributed by atoms with Gasteiger partial charge in [0.2, 0.25) is 0 Å². The van der Waals surface area contributed by atoms with E-state index in [0.717, 1.165) is 19.4 Å². The molecule has 3 nitrogen and oxygen atoms in total. The number of carbonyl (C=O) groups is 1. The van der Waals surface area contributed by atoms with Crippen LogP contribution in [0.2, 0.25) is 0 Å². The minimum atomic E-state index is -0.0685. The Morgan fingerprint density at radius 2 is 2.00 bits per heavy atom. The molecule has 0 amide bonds. The molecule has 0 aromatic rings. The first kappa shape index (κ1) is 12.5. The van der Waals surface area contributed by atoms with E-state index in [0.29, 0.717) is 17.8 Å². The van der Waals surface area contributed by atoms with Crippen molar-refractivity contribution in [2.75, 3.05) is 13.7 Å². The molecule has 15 heavy (non-hydrogen) atoms. The maximum absolute atomic E-state index is 11.4. The average molecular weight is 213 g/mol. The third kappa shape index (κ3) is 2.94. The van der Waals surface area contributed by atoms with Crippen LogP contribution in [-0.4, -0.2) is 19.6 Å². The van der Waals surface area contributed by atoms with E-state index in [1.54, 1.807) is 0 Å². The van der Waals surface area contributed by atoms with E-state index in [-0.39, 0.29) is 11.9 Å². The van der Waals surface area contributed by atoms with Gasteiger partial charge in [-0.25, -0.2) is 0 Å². The van der Waals surface area contributed by atoms with Gasteiger partial charge in [0.05, 0.1) is 13.0 Å². The van der Waals surface area contributed by atoms with Gasteiger partial charge >= 0.3 is 5.97 Å². The van der Waals surface area contributed by atoms with Gasteiger partial charge in [-0.3, -0.25) is 4.79 Å². The van der Waals surface area contributed by atoms with Crippen LogP contribution >= 0.6 is 0 Å². The zero-order valence-electron chi connectivity index (χ0n) is 10.0. The molecule has 0 radical (unpaired) electrons. The fraction of sp³-hybridized carbons (Fsp3) is 0.917. The van der Waals surface area contributed by atoms with Gasteiger partial charge in [-0.1, -0.05) is 13.8 Å². The minimum absolute atomic E-state index is 0.0463. The highest BCUT2D eigenvalue weighted by Gasteiger charge is 2.34. The van der Waals surface area contributed by atoms with Crippen molar-refractivity contribution >= 4 is 5.97 Å². The Morgan fingerprint density at radius 1 is 1.40 bits per heavy atom. The molecule has 0 aliphatic heterocycles. The molecule has 1 aliphatic rings. The Balaban J connectivity index is 2.45. The Labute approximate surface area is 92.4 Å². The van der Waals surface area contributed by atoms with E-state index in [4.69, 9.17) is 10.5 Å². The molecule has 1 aliphatic carbocycles. The Bertz CT molecular complexity index is 218. The van der Waals surface area contributed by atoms with E-state index in [9.17, 15) is 4.79 Å². The van der Waals surface area contributed by atoms with Gasteiger partial charge < -0.3 is 10.5 Å². The molecule has 0 bridgehead atoms. The van der Waals surface area contributed by atoms with Crippen molar-refractivity contribution in [2.24, 2.45) is 29.4 Å². The van der Waals surface area contributed by atoms with Crippen LogP contribution in [-0.2, 0) is 9.53 Å². The van der Waals surface area contributed by atoms with Gasteiger partial charge in [-0.05, 0) is 43.6 Å². The highest BCUT2D eigenvalue weighted by Crippen LogP contribution is 2.39. The predicted octanol–water partition coefficient (Wildman–Crippen LogP) is 1.81. The number of hydrogen-bond acceptors (Lipinski definition) is 3. The number of ether oxygens (including phenoxy) is 1. The summed E-state index contributed by atoms with van der Waals surface area (Å²) in [6.07, 6.45) is 3.49. The van der Waals surface area contributed by atoms with Crippen molar-refractivity contribution < 1.29 is 9.53 Å². The zero-order valence-corrected chi connectivity index (χ0v) is 10.0. The molecule has 1 fully saturated rings. The monoisotopic (exact) mass is 213 g/mol. The third-order valence-electron chi connectivity index (χ3n) is 3.97. The second-order valence-electron chi connectivity index (χ2n) is 4.86. The Kier molecular flexibility index (Phi) is 4.58. The van der Waals surface area contributed by atoms with Crippen molar-refractivity contribution in [1.82, 2.24) is 0 Å². The molecule has 1 saturated carbocycles. The van der Waals surface area contributed by atoms with E-state index in [2.05, 4.69) is 6.92 Å². The predicted molar refractivity (Wildman–Crippen MR) is 60.2 cm³/mol. The highest BCUT2D eigenvalue weighted by atomic mass is 16.5. The fourth-order valence-corrected chi connectivity index (χ4v) is 2.59. The Morgan fingerprint density at radius 3 is 2.53 bits per heavy atom. The van der Waals surface area contributed by atoms with Gasteiger partial charge in [-0.15, -0.1) is 0 Å². The van der Waals surface area contributed by atoms with Crippen LogP contribution in [0.1, 0.15) is 33.1 Å². The number of carbonyl (C=O) groups excluding carboxylic acids is 1. The molecule has 4 unspecified atom stereocenters. The third-order valence-corrected chi connectivity index (χ3v) is 3.97. The number of nitrogens with two attached hydrogens (primary N) is 1. The highest BCUT2D eigenvalue weighted by molar-refractivity contribution is 5.72. The molecule has 3 heteroatoms. The average Bonchev–Trinajstić information content (AvgIpc) is 2.75. The molecule has 0 aromatic carbocycles. The van der Waals surface area contributed by atoms with Crippen LogP contribution in [0, 0.1) is 23.7 Å². The summed E-state index contributed by atoms with van der Waals surface area (Å²) in [5.74, 6) is 1.76.